The third kappa shape index (κ3) is 3.60. The predicted molar refractivity (Wildman–Crippen MR) is 105 cm³/mol. The van der Waals surface area contributed by atoms with E-state index in [0.29, 0.717) is 23.5 Å². The molecule has 0 bridgehead atoms. The van der Waals surface area contributed by atoms with E-state index in [-0.39, 0.29) is 23.7 Å². The number of hydrazone groups is 1. The highest BCUT2D eigenvalue weighted by atomic mass is 19.1. The smallest absolute Gasteiger partial charge is 0.255 e. The topological polar surface area (TPSA) is 70.7 Å². The van der Waals surface area contributed by atoms with E-state index in [1.807, 2.05) is 41.6 Å². The van der Waals surface area contributed by atoms with Gasteiger partial charge in [-0.1, -0.05) is 30.3 Å². The molecule has 3 N–H and O–H groups in total. The minimum atomic E-state index is -0.237. The van der Waals surface area contributed by atoms with Crippen LogP contribution in [0.3, 0.4) is 0 Å². The second kappa shape index (κ2) is 7.07. The van der Waals surface area contributed by atoms with E-state index in [1.54, 1.807) is 30.3 Å². The number of nitrogens with two attached hydrogens (primary N) is 1. The minimum absolute atomic E-state index is 0.0981. The molecule has 0 radical (unpaired) electrons. The van der Waals surface area contributed by atoms with Gasteiger partial charge in [0.1, 0.15) is 5.83 Å². The van der Waals surface area contributed by atoms with Crippen molar-refractivity contribution in [3.63, 3.8) is 0 Å². The highest BCUT2D eigenvalue weighted by Crippen LogP contribution is 2.27. The van der Waals surface area contributed by atoms with Gasteiger partial charge in [0.05, 0.1) is 24.0 Å². The molecular formula is C21H19FN4O. The number of hydrogen-bond acceptors (Lipinski definition) is 4. The normalized spacial score (nSPS) is 20.3. The highest BCUT2D eigenvalue weighted by molar-refractivity contribution is 6.05. The lowest BCUT2D eigenvalue weighted by Gasteiger charge is -2.25. The Bertz CT molecular complexity index is 949. The van der Waals surface area contributed by atoms with E-state index in [4.69, 9.17) is 5.73 Å². The number of carbonyl (C=O) groups excluding carboxylic acids is 1. The molecule has 2 aliphatic rings. The van der Waals surface area contributed by atoms with Gasteiger partial charge >= 0.3 is 0 Å². The summed E-state index contributed by atoms with van der Waals surface area (Å²) in [6.07, 6.45) is 6.72. The molecule has 1 aliphatic carbocycles. The largest absolute Gasteiger partial charge is 0.397 e. The van der Waals surface area contributed by atoms with E-state index in [0.717, 1.165) is 5.56 Å². The zero-order valence-corrected chi connectivity index (χ0v) is 14.5. The van der Waals surface area contributed by atoms with Crippen LogP contribution in [0.1, 0.15) is 15.9 Å². The number of nitrogens with one attached hydrogen (secondary N) is 1. The van der Waals surface area contributed by atoms with Crippen LogP contribution in [0.25, 0.3) is 0 Å². The van der Waals surface area contributed by atoms with Gasteiger partial charge in [0.15, 0.2) is 0 Å². The van der Waals surface area contributed by atoms with Gasteiger partial charge in [0.2, 0.25) is 0 Å². The Morgan fingerprint density at radius 3 is 2.74 bits per heavy atom. The summed E-state index contributed by atoms with van der Waals surface area (Å²) < 4.78 is 13.5. The number of benzene rings is 2. The van der Waals surface area contributed by atoms with Gasteiger partial charge in [-0.2, -0.15) is 5.10 Å². The van der Waals surface area contributed by atoms with Gasteiger partial charge in [0, 0.05) is 17.7 Å². The number of nitrogens with zero attached hydrogens (tertiary/aromatic N) is 2. The Hall–Kier alpha value is -3.41. The fraction of sp³-hybridized carbons (Fsp3) is 0.143. The molecule has 2 unspecified atom stereocenters. The summed E-state index contributed by atoms with van der Waals surface area (Å²) in [6.45, 7) is 0.544. The molecule has 6 heteroatoms. The van der Waals surface area contributed by atoms with E-state index in [9.17, 15) is 9.18 Å². The summed E-state index contributed by atoms with van der Waals surface area (Å²) in [5, 5.41) is 9.05. The van der Waals surface area contributed by atoms with Crippen LogP contribution >= 0.6 is 0 Å². The summed E-state index contributed by atoms with van der Waals surface area (Å²) in [5.74, 6) is -0.356. The first-order valence-corrected chi connectivity index (χ1v) is 8.71. The van der Waals surface area contributed by atoms with Crippen molar-refractivity contribution in [3.8, 4) is 0 Å². The molecule has 0 spiro atoms. The van der Waals surface area contributed by atoms with Gasteiger partial charge < -0.3 is 11.1 Å². The predicted octanol–water partition coefficient (Wildman–Crippen LogP) is 3.73. The van der Waals surface area contributed by atoms with E-state index in [1.165, 1.54) is 6.08 Å². The molecule has 0 saturated carbocycles. The van der Waals surface area contributed by atoms with Crippen molar-refractivity contribution in [2.45, 2.75) is 12.6 Å². The number of halogens is 1. The highest BCUT2D eigenvalue weighted by Gasteiger charge is 2.30. The van der Waals surface area contributed by atoms with Crippen LogP contribution in [0.5, 0.6) is 0 Å². The summed E-state index contributed by atoms with van der Waals surface area (Å²) in [6, 6.07) is 14.3. The van der Waals surface area contributed by atoms with E-state index >= 15 is 0 Å². The number of carbonyl (C=O) groups is 1. The van der Waals surface area contributed by atoms with Crippen molar-refractivity contribution in [3.05, 3.63) is 83.7 Å². The third-order valence-electron chi connectivity index (χ3n) is 4.70. The number of hydrogen-bond donors (Lipinski definition) is 2. The molecule has 0 saturated heterocycles. The van der Waals surface area contributed by atoms with Crippen LogP contribution in [-0.2, 0) is 6.54 Å². The van der Waals surface area contributed by atoms with Crippen LogP contribution in [0.4, 0.5) is 15.8 Å². The Morgan fingerprint density at radius 1 is 1.19 bits per heavy atom. The van der Waals surface area contributed by atoms with Crippen molar-refractivity contribution in [1.29, 1.82) is 0 Å². The average Bonchev–Trinajstić information content (AvgIpc) is 3.06. The maximum atomic E-state index is 13.5. The Balaban J connectivity index is 1.42. The fourth-order valence-electron chi connectivity index (χ4n) is 3.21. The SMILES string of the molecule is Nc1ccccc1NC(=O)c1ccc(CN2N=CC3C=CC(F)=CC32)cc1. The van der Waals surface area contributed by atoms with Crippen LogP contribution in [0.15, 0.2) is 77.7 Å². The van der Waals surface area contributed by atoms with Gasteiger partial charge in [-0.3, -0.25) is 9.80 Å². The second-order valence-electron chi connectivity index (χ2n) is 6.58. The van der Waals surface area contributed by atoms with Crippen LogP contribution < -0.4 is 11.1 Å². The van der Waals surface area contributed by atoms with Gasteiger partial charge in [-0.25, -0.2) is 4.39 Å². The Kier molecular flexibility index (Phi) is 4.46. The van der Waals surface area contributed by atoms with Gasteiger partial charge in [-0.05, 0) is 42.0 Å². The Labute approximate surface area is 156 Å². The van der Waals surface area contributed by atoms with Crippen molar-refractivity contribution in [2.75, 3.05) is 11.1 Å². The molecule has 2 atom stereocenters. The number of para-hydroxylation sites is 2. The van der Waals surface area contributed by atoms with Crippen molar-refractivity contribution < 1.29 is 9.18 Å². The molecule has 4 rings (SSSR count). The van der Waals surface area contributed by atoms with Crippen molar-refractivity contribution in [1.82, 2.24) is 5.01 Å². The molecule has 2 aromatic rings. The number of rotatable bonds is 4. The first-order chi connectivity index (χ1) is 13.1. The summed E-state index contributed by atoms with van der Waals surface area (Å²) in [7, 11) is 0. The van der Waals surface area contributed by atoms with E-state index in [2.05, 4.69) is 10.4 Å². The van der Waals surface area contributed by atoms with Crippen LogP contribution in [0.2, 0.25) is 0 Å². The molecule has 1 heterocycles. The number of nitrogen functional groups attached to an aromatic ring is 1. The number of anilines is 2. The molecule has 1 aliphatic heterocycles. The molecule has 136 valence electrons. The molecular weight excluding hydrogens is 343 g/mol. The number of allylic oxidation sites excluding steroid dienone is 2. The molecule has 2 aromatic carbocycles. The lowest BCUT2D eigenvalue weighted by Crippen LogP contribution is -2.30. The first-order valence-electron chi connectivity index (χ1n) is 8.71. The van der Waals surface area contributed by atoms with E-state index < -0.39 is 0 Å². The zero-order chi connectivity index (χ0) is 18.8. The fourth-order valence-corrected chi connectivity index (χ4v) is 3.21. The standard InChI is InChI=1S/C21H19FN4O/c22-17-10-9-16-12-24-26(20(16)11-17)13-14-5-7-15(8-6-14)21(27)25-19-4-2-1-3-18(19)23/h1-12,16,20H,13,23H2,(H,25,27). The lowest BCUT2D eigenvalue weighted by molar-refractivity contribution is 0.102. The maximum absolute atomic E-state index is 13.5. The molecule has 1 amide bonds. The van der Waals surface area contributed by atoms with Crippen molar-refractivity contribution in [2.24, 2.45) is 11.0 Å². The average molecular weight is 362 g/mol. The third-order valence-corrected chi connectivity index (χ3v) is 4.70. The monoisotopic (exact) mass is 362 g/mol. The minimum Gasteiger partial charge on any atom is -0.397 e. The second-order valence-corrected chi connectivity index (χ2v) is 6.58. The lowest BCUT2D eigenvalue weighted by atomic mass is 9.96. The first kappa shape index (κ1) is 17.0. The van der Waals surface area contributed by atoms with Crippen molar-refractivity contribution >= 4 is 23.5 Å². The quantitative estimate of drug-likeness (QED) is 0.814. The summed E-state index contributed by atoms with van der Waals surface area (Å²) in [4.78, 5) is 12.4. The number of fused-ring (bicyclic) bond motifs is 1. The van der Waals surface area contributed by atoms with Crippen LogP contribution in [-0.4, -0.2) is 23.2 Å². The molecule has 0 aromatic heterocycles. The summed E-state index contributed by atoms with van der Waals surface area (Å²) >= 11 is 0. The number of amides is 1. The Morgan fingerprint density at radius 2 is 1.96 bits per heavy atom. The van der Waals surface area contributed by atoms with Crippen LogP contribution in [0, 0.1) is 5.92 Å². The molecule has 0 fully saturated rings. The van der Waals surface area contributed by atoms with Gasteiger partial charge in [0.25, 0.3) is 5.91 Å². The van der Waals surface area contributed by atoms with Gasteiger partial charge in [-0.15, -0.1) is 0 Å². The maximum Gasteiger partial charge on any atom is 0.255 e. The summed E-state index contributed by atoms with van der Waals surface area (Å²) in [5.41, 5.74) is 8.49. The zero-order valence-electron chi connectivity index (χ0n) is 14.5. The molecule has 27 heavy (non-hydrogen) atoms. The molecule has 5 nitrogen and oxygen atoms in total.